The lowest BCUT2D eigenvalue weighted by atomic mass is 9.74. The molecule has 1 fully saturated rings. The van der Waals surface area contributed by atoms with Crippen molar-refractivity contribution in [2.75, 3.05) is 21.1 Å². The van der Waals surface area contributed by atoms with Gasteiger partial charge >= 0.3 is 0 Å². The van der Waals surface area contributed by atoms with E-state index in [9.17, 15) is 0 Å². The average molecular weight is 345 g/mol. The average Bonchev–Trinajstić information content (AvgIpc) is 2.82. The molecule has 1 saturated carbocycles. The molecule has 0 radical (unpaired) electrons. The van der Waals surface area contributed by atoms with Crippen molar-refractivity contribution in [3.8, 4) is 0 Å². The number of rotatable bonds is 5. The number of nitrogens with one attached hydrogen (secondary N) is 1. The minimum Gasteiger partial charge on any atom is -0.315 e. The molecule has 1 aliphatic carbocycles. The lowest BCUT2D eigenvalue weighted by Gasteiger charge is -2.48. The zero-order valence-electron chi connectivity index (χ0n) is 12.2. The zero-order chi connectivity index (χ0) is 13.9. The fourth-order valence-electron chi connectivity index (χ4n) is 3.49. The van der Waals surface area contributed by atoms with Crippen LogP contribution in [0.5, 0.6) is 0 Å². The predicted molar refractivity (Wildman–Crippen MR) is 88.1 cm³/mol. The molecular formula is C15H25BrN2S. The maximum atomic E-state index is 3.67. The van der Waals surface area contributed by atoms with Gasteiger partial charge in [-0.1, -0.05) is 19.3 Å². The number of thiophene rings is 1. The van der Waals surface area contributed by atoms with E-state index in [0.29, 0.717) is 11.6 Å². The first-order valence-electron chi connectivity index (χ1n) is 7.17. The van der Waals surface area contributed by atoms with Crippen molar-refractivity contribution in [1.82, 2.24) is 10.2 Å². The molecule has 1 aromatic rings. The summed E-state index contributed by atoms with van der Waals surface area (Å²) in [6.07, 6.45) is 7.87. The highest BCUT2D eigenvalue weighted by Gasteiger charge is 2.41. The van der Waals surface area contributed by atoms with E-state index in [1.54, 1.807) is 0 Å². The molecule has 0 aliphatic heterocycles. The maximum Gasteiger partial charge on any atom is 0.0359 e. The lowest BCUT2D eigenvalue weighted by Crippen LogP contribution is -2.60. The van der Waals surface area contributed by atoms with Gasteiger partial charge in [0.15, 0.2) is 0 Å². The summed E-state index contributed by atoms with van der Waals surface area (Å²) in [6.45, 7) is 0. The first-order chi connectivity index (χ1) is 9.10. The van der Waals surface area contributed by atoms with Crippen LogP contribution in [0.2, 0.25) is 0 Å². The highest BCUT2D eigenvalue weighted by Crippen LogP contribution is 2.37. The Balaban J connectivity index is 2.20. The van der Waals surface area contributed by atoms with E-state index in [4.69, 9.17) is 0 Å². The lowest BCUT2D eigenvalue weighted by molar-refractivity contribution is 0.0601. The van der Waals surface area contributed by atoms with E-state index in [0.717, 1.165) is 6.42 Å². The van der Waals surface area contributed by atoms with Crippen molar-refractivity contribution in [3.63, 3.8) is 0 Å². The highest BCUT2D eigenvalue weighted by atomic mass is 79.9. The van der Waals surface area contributed by atoms with Gasteiger partial charge in [0, 0.05) is 20.9 Å². The third-order valence-electron chi connectivity index (χ3n) is 4.69. The molecular weight excluding hydrogens is 320 g/mol. The predicted octanol–water partition coefficient (Wildman–Crippen LogP) is 3.91. The monoisotopic (exact) mass is 344 g/mol. The second-order valence-corrected chi connectivity index (χ2v) is 7.65. The van der Waals surface area contributed by atoms with E-state index in [1.165, 1.54) is 41.5 Å². The topological polar surface area (TPSA) is 15.3 Å². The van der Waals surface area contributed by atoms with Crippen molar-refractivity contribution in [3.05, 3.63) is 20.8 Å². The molecule has 19 heavy (non-hydrogen) atoms. The van der Waals surface area contributed by atoms with Gasteiger partial charge in [0.1, 0.15) is 0 Å². The standard InChI is InChI=1S/C15H25BrN2S/c1-17-14(11-13-12(16)7-10-19-13)15(18(2)3)8-5-4-6-9-15/h7,10,14,17H,4-6,8-9,11H2,1-3H3. The van der Waals surface area contributed by atoms with E-state index in [-0.39, 0.29) is 0 Å². The van der Waals surface area contributed by atoms with Gasteiger partial charge in [-0.25, -0.2) is 0 Å². The van der Waals surface area contributed by atoms with Gasteiger partial charge in [-0.15, -0.1) is 11.3 Å². The van der Waals surface area contributed by atoms with Gasteiger partial charge < -0.3 is 10.2 Å². The van der Waals surface area contributed by atoms with E-state index >= 15 is 0 Å². The fourth-order valence-corrected chi connectivity index (χ4v) is 5.05. The van der Waals surface area contributed by atoms with Crippen LogP contribution in [0.1, 0.15) is 37.0 Å². The highest BCUT2D eigenvalue weighted by molar-refractivity contribution is 9.10. The molecule has 0 spiro atoms. The largest absolute Gasteiger partial charge is 0.315 e. The van der Waals surface area contributed by atoms with Crippen LogP contribution >= 0.6 is 27.3 Å². The van der Waals surface area contributed by atoms with E-state index in [2.05, 4.69) is 58.7 Å². The molecule has 1 atom stereocenters. The Morgan fingerprint density at radius 1 is 1.37 bits per heavy atom. The maximum absolute atomic E-state index is 3.67. The minimum absolute atomic E-state index is 0.316. The Labute approximate surface area is 129 Å². The summed E-state index contributed by atoms with van der Waals surface area (Å²) in [5.74, 6) is 0. The number of nitrogens with zero attached hydrogens (tertiary/aromatic N) is 1. The van der Waals surface area contributed by atoms with Crippen LogP contribution in [0.4, 0.5) is 0 Å². The molecule has 1 aromatic heterocycles. The number of halogens is 1. The summed E-state index contributed by atoms with van der Waals surface area (Å²) >= 11 is 5.53. The summed E-state index contributed by atoms with van der Waals surface area (Å²) < 4.78 is 1.27. The van der Waals surface area contributed by atoms with Crippen LogP contribution in [-0.2, 0) is 6.42 Å². The van der Waals surface area contributed by atoms with Gasteiger partial charge in [-0.3, -0.25) is 0 Å². The molecule has 2 nitrogen and oxygen atoms in total. The molecule has 1 N–H and O–H groups in total. The summed E-state index contributed by atoms with van der Waals surface area (Å²) in [6, 6.07) is 2.69. The molecule has 0 bridgehead atoms. The summed E-state index contributed by atoms with van der Waals surface area (Å²) in [7, 11) is 6.62. The van der Waals surface area contributed by atoms with E-state index < -0.39 is 0 Å². The summed E-state index contributed by atoms with van der Waals surface area (Å²) in [5, 5.41) is 5.78. The molecule has 1 unspecified atom stereocenters. The normalized spacial score (nSPS) is 20.7. The molecule has 0 saturated heterocycles. The summed E-state index contributed by atoms with van der Waals surface area (Å²) in [4.78, 5) is 3.93. The molecule has 1 aliphatic rings. The van der Waals surface area contributed by atoms with Crippen LogP contribution in [0.15, 0.2) is 15.9 Å². The smallest absolute Gasteiger partial charge is 0.0359 e. The van der Waals surface area contributed by atoms with Gasteiger partial charge in [-0.2, -0.15) is 0 Å². The van der Waals surface area contributed by atoms with Crippen molar-refractivity contribution < 1.29 is 0 Å². The van der Waals surface area contributed by atoms with Crippen molar-refractivity contribution in [1.29, 1.82) is 0 Å². The second kappa shape index (κ2) is 6.70. The Kier molecular flexibility index (Phi) is 5.46. The van der Waals surface area contributed by atoms with Crippen molar-refractivity contribution in [2.24, 2.45) is 0 Å². The number of hydrogen-bond donors (Lipinski definition) is 1. The first-order valence-corrected chi connectivity index (χ1v) is 8.84. The SMILES string of the molecule is CNC(Cc1sccc1Br)C1(N(C)C)CCCCC1. The summed E-state index contributed by atoms with van der Waals surface area (Å²) in [5.41, 5.74) is 0.316. The second-order valence-electron chi connectivity index (χ2n) is 5.80. The van der Waals surface area contributed by atoms with Crippen molar-refractivity contribution >= 4 is 27.3 Å². The van der Waals surface area contributed by atoms with Crippen LogP contribution in [0.3, 0.4) is 0 Å². The van der Waals surface area contributed by atoms with Crippen LogP contribution in [0, 0.1) is 0 Å². The fraction of sp³-hybridized carbons (Fsp3) is 0.733. The molecule has 2 rings (SSSR count). The Morgan fingerprint density at radius 3 is 2.53 bits per heavy atom. The Hall–Kier alpha value is 0.1000. The number of likely N-dealkylation sites (N-methyl/N-ethyl adjacent to an activating group) is 2. The van der Waals surface area contributed by atoms with Gasteiger partial charge in [0.2, 0.25) is 0 Å². The third-order valence-corrected chi connectivity index (χ3v) is 6.64. The molecule has 1 heterocycles. The van der Waals surface area contributed by atoms with Crippen LogP contribution in [0.25, 0.3) is 0 Å². The third kappa shape index (κ3) is 3.23. The quantitative estimate of drug-likeness (QED) is 0.871. The zero-order valence-corrected chi connectivity index (χ0v) is 14.6. The minimum atomic E-state index is 0.316. The molecule has 0 aromatic carbocycles. The van der Waals surface area contributed by atoms with Crippen LogP contribution < -0.4 is 5.32 Å². The van der Waals surface area contributed by atoms with Gasteiger partial charge in [0.05, 0.1) is 0 Å². The number of hydrogen-bond acceptors (Lipinski definition) is 3. The molecule has 4 heteroatoms. The Morgan fingerprint density at radius 2 is 2.05 bits per heavy atom. The van der Waals surface area contributed by atoms with Crippen molar-refractivity contribution in [2.45, 2.75) is 50.1 Å². The van der Waals surface area contributed by atoms with Gasteiger partial charge in [-0.05, 0) is 67.8 Å². The molecule has 108 valence electrons. The van der Waals surface area contributed by atoms with E-state index in [1.807, 2.05) is 11.3 Å². The van der Waals surface area contributed by atoms with Crippen LogP contribution in [-0.4, -0.2) is 37.6 Å². The Bertz CT molecular complexity index is 397. The molecule has 0 amide bonds. The van der Waals surface area contributed by atoms with Gasteiger partial charge in [0.25, 0.3) is 0 Å². The first kappa shape index (κ1) is 15.5.